The molecule has 2 atom stereocenters. The van der Waals surface area contributed by atoms with Gasteiger partial charge in [-0.1, -0.05) is 35.3 Å². The smallest absolute Gasteiger partial charge is 0.174 e. The lowest BCUT2D eigenvalue weighted by atomic mass is 10.00. The van der Waals surface area contributed by atoms with Gasteiger partial charge < -0.3 is 14.8 Å². The van der Waals surface area contributed by atoms with Crippen molar-refractivity contribution in [2.24, 2.45) is 0 Å². The van der Waals surface area contributed by atoms with E-state index in [2.05, 4.69) is 57.9 Å². The molecule has 7 heteroatoms. The second-order valence-electron chi connectivity index (χ2n) is 8.16. The Kier molecular flexibility index (Phi) is 5.87. The molecular weight excluding hydrogens is 471 g/mol. The summed E-state index contributed by atoms with van der Waals surface area (Å²) >= 11 is 18.6. The molecule has 2 aromatic carbocycles. The molecule has 0 aliphatic carbocycles. The molecule has 1 aliphatic heterocycles. The van der Waals surface area contributed by atoms with Crippen LogP contribution in [0.25, 0.3) is 5.69 Å². The van der Waals surface area contributed by atoms with Gasteiger partial charge in [-0.3, -0.25) is 4.98 Å². The van der Waals surface area contributed by atoms with Crippen molar-refractivity contribution in [3.05, 3.63) is 112 Å². The number of nitrogens with zero attached hydrogens (tertiary/aromatic N) is 3. The van der Waals surface area contributed by atoms with Gasteiger partial charge in [0.05, 0.1) is 22.4 Å². The molecule has 2 aromatic heterocycles. The van der Waals surface area contributed by atoms with E-state index in [9.17, 15) is 0 Å². The summed E-state index contributed by atoms with van der Waals surface area (Å²) in [7, 11) is 0. The Morgan fingerprint density at radius 1 is 0.939 bits per heavy atom. The number of rotatable bonds is 4. The first kappa shape index (κ1) is 22.0. The van der Waals surface area contributed by atoms with E-state index >= 15 is 0 Å². The summed E-state index contributed by atoms with van der Waals surface area (Å²) in [5.74, 6) is 0. The highest BCUT2D eigenvalue weighted by atomic mass is 35.5. The number of hydrogen-bond donors (Lipinski definition) is 1. The second-order valence-corrected chi connectivity index (χ2v) is 9.39. The third kappa shape index (κ3) is 4.01. The summed E-state index contributed by atoms with van der Waals surface area (Å²) in [6.07, 6.45) is 3.82. The third-order valence-electron chi connectivity index (χ3n) is 6.12. The van der Waals surface area contributed by atoms with Gasteiger partial charge >= 0.3 is 0 Å². The average Bonchev–Trinajstić information content (AvgIpc) is 3.40. The van der Waals surface area contributed by atoms with Crippen LogP contribution in [0, 0.1) is 13.8 Å². The van der Waals surface area contributed by atoms with Gasteiger partial charge in [0, 0.05) is 28.8 Å². The molecule has 4 aromatic rings. The molecule has 1 N–H and O–H groups in total. The predicted molar refractivity (Wildman–Crippen MR) is 140 cm³/mol. The average molecular weight is 493 g/mol. The van der Waals surface area contributed by atoms with Crippen LogP contribution >= 0.6 is 35.4 Å². The highest BCUT2D eigenvalue weighted by Crippen LogP contribution is 2.43. The van der Waals surface area contributed by atoms with Crippen molar-refractivity contribution in [1.82, 2.24) is 14.9 Å². The minimum atomic E-state index is -0.142. The lowest BCUT2D eigenvalue weighted by Crippen LogP contribution is -2.30. The molecule has 33 heavy (non-hydrogen) atoms. The van der Waals surface area contributed by atoms with Gasteiger partial charge in [-0.2, -0.15) is 0 Å². The Morgan fingerprint density at radius 2 is 1.79 bits per heavy atom. The molecule has 1 fully saturated rings. The number of hydrogen-bond acceptors (Lipinski definition) is 2. The highest BCUT2D eigenvalue weighted by molar-refractivity contribution is 7.80. The Morgan fingerprint density at radius 3 is 2.52 bits per heavy atom. The maximum Gasteiger partial charge on any atom is 0.174 e. The normalized spacial score (nSPS) is 17.9. The number of benzene rings is 2. The van der Waals surface area contributed by atoms with Crippen molar-refractivity contribution in [3.63, 3.8) is 0 Å². The van der Waals surface area contributed by atoms with Gasteiger partial charge in [0.2, 0.25) is 0 Å². The molecule has 166 valence electrons. The van der Waals surface area contributed by atoms with E-state index in [0.29, 0.717) is 15.2 Å². The van der Waals surface area contributed by atoms with Crippen LogP contribution in [0.1, 0.15) is 34.6 Å². The monoisotopic (exact) mass is 492 g/mol. The van der Waals surface area contributed by atoms with Gasteiger partial charge in [0.25, 0.3) is 0 Å². The predicted octanol–water partition coefficient (Wildman–Crippen LogP) is 6.97. The summed E-state index contributed by atoms with van der Waals surface area (Å²) in [6, 6.07) is 21.8. The lowest BCUT2D eigenvalue weighted by molar-refractivity contribution is 0.549. The number of pyridine rings is 1. The van der Waals surface area contributed by atoms with Gasteiger partial charge in [0.1, 0.15) is 6.04 Å². The molecule has 2 unspecified atom stereocenters. The lowest BCUT2D eigenvalue weighted by Gasteiger charge is -2.29. The van der Waals surface area contributed by atoms with Gasteiger partial charge in [-0.25, -0.2) is 0 Å². The Labute approximate surface area is 208 Å². The number of thiocarbonyl (C=S) groups is 1. The van der Waals surface area contributed by atoms with Gasteiger partial charge in [-0.15, -0.1) is 0 Å². The fraction of sp³-hybridized carbons (Fsp3) is 0.154. The van der Waals surface area contributed by atoms with E-state index in [-0.39, 0.29) is 12.1 Å². The first-order chi connectivity index (χ1) is 15.9. The first-order valence-corrected chi connectivity index (χ1v) is 11.8. The van der Waals surface area contributed by atoms with Crippen molar-refractivity contribution in [2.75, 3.05) is 4.90 Å². The Bertz CT molecular complexity index is 1340. The molecule has 0 spiro atoms. The number of anilines is 1. The van der Waals surface area contributed by atoms with Crippen LogP contribution in [0.15, 0.2) is 79.1 Å². The number of halogens is 2. The molecule has 0 saturated carbocycles. The van der Waals surface area contributed by atoms with Crippen LogP contribution < -0.4 is 10.2 Å². The van der Waals surface area contributed by atoms with E-state index in [1.807, 2.05) is 48.8 Å². The van der Waals surface area contributed by atoms with Crippen LogP contribution in [0.2, 0.25) is 10.0 Å². The largest absolute Gasteiger partial charge is 0.351 e. The van der Waals surface area contributed by atoms with Crippen LogP contribution in [0.3, 0.4) is 0 Å². The Hall–Kier alpha value is -2.86. The zero-order valence-electron chi connectivity index (χ0n) is 18.2. The summed E-state index contributed by atoms with van der Waals surface area (Å²) in [5.41, 5.74) is 6.32. The highest BCUT2D eigenvalue weighted by Gasteiger charge is 2.42. The van der Waals surface area contributed by atoms with E-state index in [0.717, 1.165) is 22.8 Å². The van der Waals surface area contributed by atoms with Crippen molar-refractivity contribution < 1.29 is 0 Å². The van der Waals surface area contributed by atoms with Crippen LogP contribution in [0.5, 0.6) is 0 Å². The molecule has 0 radical (unpaired) electrons. The standard InChI is InChI=1S/C26H22Cl2N4S/c1-16-8-10-19(14-17(16)2)32-25(24(30-26(32)33)21-6-3-4-12-29-21)23-7-5-13-31(23)22-11-9-18(27)15-20(22)28/h3-15,24-25H,1-2H3,(H,30,33). The van der Waals surface area contributed by atoms with Gasteiger partial charge in [0.15, 0.2) is 5.11 Å². The van der Waals surface area contributed by atoms with E-state index < -0.39 is 0 Å². The first-order valence-electron chi connectivity index (χ1n) is 10.6. The Balaban J connectivity index is 1.69. The van der Waals surface area contributed by atoms with E-state index in [1.165, 1.54) is 11.1 Å². The quantitative estimate of drug-likeness (QED) is 0.311. The van der Waals surface area contributed by atoms with E-state index in [4.69, 9.17) is 35.4 Å². The van der Waals surface area contributed by atoms with E-state index in [1.54, 1.807) is 6.07 Å². The van der Waals surface area contributed by atoms with Gasteiger partial charge in [-0.05, 0) is 91.8 Å². The molecule has 3 heterocycles. The summed E-state index contributed by atoms with van der Waals surface area (Å²) in [6.45, 7) is 4.23. The molecule has 5 rings (SSSR count). The van der Waals surface area contributed by atoms with Crippen molar-refractivity contribution in [2.45, 2.75) is 25.9 Å². The second kappa shape index (κ2) is 8.82. The number of aromatic nitrogens is 2. The van der Waals surface area contributed by atoms with Crippen molar-refractivity contribution in [1.29, 1.82) is 0 Å². The summed E-state index contributed by atoms with van der Waals surface area (Å²) in [4.78, 5) is 6.82. The minimum absolute atomic E-state index is 0.139. The van der Waals surface area contributed by atoms with Crippen LogP contribution in [-0.2, 0) is 0 Å². The number of aryl methyl sites for hydroxylation is 2. The molecule has 0 amide bonds. The van der Waals surface area contributed by atoms with Crippen molar-refractivity contribution in [3.8, 4) is 5.69 Å². The fourth-order valence-corrected chi connectivity index (χ4v) is 5.19. The maximum absolute atomic E-state index is 6.60. The topological polar surface area (TPSA) is 33.1 Å². The summed E-state index contributed by atoms with van der Waals surface area (Å²) in [5, 5.41) is 5.37. The fourth-order valence-electron chi connectivity index (χ4n) is 4.34. The molecule has 0 bridgehead atoms. The summed E-state index contributed by atoms with van der Waals surface area (Å²) < 4.78 is 2.10. The molecule has 1 aliphatic rings. The zero-order chi connectivity index (χ0) is 23.1. The molecular formula is C26H22Cl2N4S. The van der Waals surface area contributed by atoms with Crippen LogP contribution in [0.4, 0.5) is 5.69 Å². The zero-order valence-corrected chi connectivity index (χ0v) is 20.5. The minimum Gasteiger partial charge on any atom is -0.351 e. The molecule has 1 saturated heterocycles. The van der Waals surface area contributed by atoms with Crippen LogP contribution in [-0.4, -0.2) is 14.7 Å². The number of nitrogens with one attached hydrogen (secondary N) is 1. The van der Waals surface area contributed by atoms with Crippen molar-refractivity contribution >= 4 is 46.2 Å². The maximum atomic E-state index is 6.60. The molecule has 4 nitrogen and oxygen atoms in total. The SMILES string of the molecule is Cc1ccc(N2C(=S)NC(c3ccccn3)C2c2cccn2-c2ccc(Cl)cc2Cl)cc1C. The third-order valence-corrected chi connectivity index (χ3v) is 6.97.